The first-order valence-corrected chi connectivity index (χ1v) is 13.3. The van der Waals surface area contributed by atoms with Crippen molar-refractivity contribution in [2.75, 3.05) is 26.2 Å². The van der Waals surface area contributed by atoms with Gasteiger partial charge < -0.3 is 21.7 Å². The molecule has 3 atom stereocenters. The van der Waals surface area contributed by atoms with Crippen molar-refractivity contribution in [2.45, 2.75) is 37.8 Å². The van der Waals surface area contributed by atoms with E-state index in [0.29, 0.717) is 36.6 Å². The molecule has 8 nitrogen and oxygen atoms in total. The van der Waals surface area contributed by atoms with Crippen molar-refractivity contribution in [1.82, 2.24) is 15.5 Å². The Bertz CT molecular complexity index is 1290. The number of benzene rings is 3. The largest absolute Gasteiger partial charge is 0.370 e. The number of rotatable bonds is 9. The van der Waals surface area contributed by atoms with Crippen LogP contribution < -0.4 is 22.1 Å². The molecule has 0 bridgehead atoms. The number of carbonyl (C=O) groups excluding carboxylic acids is 2. The number of nitrogens with two attached hydrogens (primary N) is 2. The highest BCUT2D eigenvalue weighted by atomic mass is 35.5. The summed E-state index contributed by atoms with van der Waals surface area (Å²) in [4.78, 5) is 32.5. The first kappa shape index (κ1) is 27.4. The number of amides is 2. The first-order valence-electron chi connectivity index (χ1n) is 13.0. The van der Waals surface area contributed by atoms with Crippen LogP contribution in [0.1, 0.15) is 41.6 Å². The van der Waals surface area contributed by atoms with Crippen LogP contribution in [0.3, 0.4) is 0 Å². The number of fused-ring (bicyclic) bond motifs is 1. The zero-order valence-corrected chi connectivity index (χ0v) is 22.3. The van der Waals surface area contributed by atoms with E-state index in [4.69, 9.17) is 23.1 Å². The van der Waals surface area contributed by atoms with Gasteiger partial charge in [0, 0.05) is 42.2 Å². The molecule has 4 rings (SSSR count). The predicted molar refractivity (Wildman–Crippen MR) is 153 cm³/mol. The van der Waals surface area contributed by atoms with Gasteiger partial charge in [-0.15, -0.1) is 0 Å². The van der Waals surface area contributed by atoms with E-state index in [1.54, 1.807) is 12.1 Å². The maximum atomic E-state index is 13.5. The SMILES string of the molecule is CC[C@H](CN1CC[C@@H](CNC(=O)c2ccc3cc(Cl)ccc3c2)N[C@@H](CN=C(N)N)C1=O)c1ccccc1. The molecule has 38 heavy (non-hydrogen) atoms. The second kappa shape index (κ2) is 12.8. The third-order valence-electron chi connectivity index (χ3n) is 7.03. The van der Waals surface area contributed by atoms with Gasteiger partial charge in [0.15, 0.2) is 5.96 Å². The Morgan fingerprint density at radius 2 is 1.87 bits per heavy atom. The quantitative estimate of drug-likeness (QED) is 0.248. The van der Waals surface area contributed by atoms with Gasteiger partial charge in [0.05, 0.1) is 6.54 Å². The summed E-state index contributed by atoms with van der Waals surface area (Å²) in [5.41, 5.74) is 12.9. The number of aliphatic imine (C=N–C) groups is 1. The van der Waals surface area contributed by atoms with Crippen LogP contribution in [0, 0.1) is 0 Å². The lowest BCUT2D eigenvalue weighted by Crippen LogP contribution is -2.51. The van der Waals surface area contributed by atoms with Crippen molar-refractivity contribution in [2.24, 2.45) is 16.5 Å². The highest BCUT2D eigenvalue weighted by molar-refractivity contribution is 6.31. The molecule has 1 saturated heterocycles. The number of carbonyl (C=O) groups is 2. The van der Waals surface area contributed by atoms with Crippen molar-refractivity contribution in [3.05, 3.63) is 82.9 Å². The fourth-order valence-electron chi connectivity index (χ4n) is 4.89. The number of hydrogen-bond acceptors (Lipinski definition) is 4. The standard InChI is InChI=1S/C29H35ClN6O2/c1-2-19(20-6-4-3-5-7-20)18-36-13-12-25(35-26(28(36)38)17-34-29(31)32)16-33-27(37)23-9-8-22-15-24(30)11-10-21(22)14-23/h3-11,14-15,19,25-26,35H,2,12-13,16-18H2,1H3,(H,33,37)(H4,31,32,34)/t19-,25+,26+/m1/s1. The summed E-state index contributed by atoms with van der Waals surface area (Å²) >= 11 is 6.07. The van der Waals surface area contributed by atoms with Crippen molar-refractivity contribution < 1.29 is 9.59 Å². The first-order chi connectivity index (χ1) is 18.3. The fraction of sp³-hybridized carbons (Fsp3) is 0.345. The number of nitrogens with one attached hydrogen (secondary N) is 2. The topological polar surface area (TPSA) is 126 Å². The summed E-state index contributed by atoms with van der Waals surface area (Å²) in [5, 5.41) is 8.98. The van der Waals surface area contributed by atoms with Gasteiger partial charge in [0.25, 0.3) is 5.91 Å². The van der Waals surface area contributed by atoms with Gasteiger partial charge in [-0.05, 0) is 53.4 Å². The van der Waals surface area contributed by atoms with Crippen LogP contribution in [-0.2, 0) is 4.79 Å². The maximum Gasteiger partial charge on any atom is 0.251 e. The molecule has 1 heterocycles. The van der Waals surface area contributed by atoms with Crippen molar-refractivity contribution >= 4 is 40.1 Å². The molecule has 6 N–H and O–H groups in total. The third-order valence-corrected chi connectivity index (χ3v) is 7.26. The zero-order chi connectivity index (χ0) is 27.1. The van der Waals surface area contributed by atoms with Gasteiger partial charge in [-0.1, -0.05) is 61.0 Å². The molecule has 3 aromatic rings. The molecule has 0 aliphatic carbocycles. The Hall–Kier alpha value is -3.62. The monoisotopic (exact) mass is 534 g/mol. The van der Waals surface area contributed by atoms with Gasteiger partial charge in [-0.2, -0.15) is 0 Å². The summed E-state index contributed by atoms with van der Waals surface area (Å²) in [6.07, 6.45) is 1.60. The molecule has 0 aromatic heterocycles. The minimum atomic E-state index is -0.583. The molecule has 1 fully saturated rings. The predicted octanol–water partition coefficient (Wildman–Crippen LogP) is 3.25. The van der Waals surface area contributed by atoms with E-state index in [2.05, 4.69) is 34.7 Å². The van der Waals surface area contributed by atoms with E-state index >= 15 is 0 Å². The van der Waals surface area contributed by atoms with Crippen LogP contribution in [0.4, 0.5) is 0 Å². The zero-order valence-electron chi connectivity index (χ0n) is 21.6. The van der Waals surface area contributed by atoms with E-state index in [1.165, 1.54) is 5.56 Å². The molecule has 200 valence electrons. The maximum absolute atomic E-state index is 13.5. The molecule has 0 spiro atoms. The number of halogens is 1. The summed E-state index contributed by atoms with van der Waals surface area (Å²) in [6, 6.07) is 20.6. The Morgan fingerprint density at radius 3 is 2.61 bits per heavy atom. The normalized spacial score (nSPS) is 18.6. The van der Waals surface area contributed by atoms with E-state index in [-0.39, 0.29) is 36.3 Å². The highest BCUT2D eigenvalue weighted by Gasteiger charge is 2.32. The molecular formula is C29H35ClN6O2. The lowest BCUT2D eigenvalue weighted by atomic mass is 9.95. The van der Waals surface area contributed by atoms with Gasteiger partial charge >= 0.3 is 0 Å². The van der Waals surface area contributed by atoms with Crippen molar-refractivity contribution in [1.29, 1.82) is 0 Å². The molecule has 2 amide bonds. The lowest BCUT2D eigenvalue weighted by molar-refractivity contribution is -0.132. The van der Waals surface area contributed by atoms with Crippen molar-refractivity contribution in [3.8, 4) is 0 Å². The smallest absolute Gasteiger partial charge is 0.251 e. The minimum Gasteiger partial charge on any atom is -0.370 e. The van der Waals surface area contributed by atoms with Gasteiger partial charge in [-0.3, -0.25) is 19.9 Å². The molecule has 0 unspecified atom stereocenters. The van der Waals surface area contributed by atoms with E-state index < -0.39 is 6.04 Å². The van der Waals surface area contributed by atoms with Crippen LogP contribution in [0.5, 0.6) is 0 Å². The van der Waals surface area contributed by atoms with E-state index in [0.717, 1.165) is 17.2 Å². The van der Waals surface area contributed by atoms with Crippen LogP contribution in [0.25, 0.3) is 10.8 Å². The second-order valence-electron chi connectivity index (χ2n) is 9.69. The second-order valence-corrected chi connectivity index (χ2v) is 10.1. The molecule has 1 aliphatic heterocycles. The van der Waals surface area contributed by atoms with Crippen LogP contribution in [0.2, 0.25) is 5.02 Å². The summed E-state index contributed by atoms with van der Waals surface area (Å²) in [7, 11) is 0. The molecule has 1 aliphatic rings. The summed E-state index contributed by atoms with van der Waals surface area (Å²) < 4.78 is 0. The number of nitrogens with zero attached hydrogens (tertiary/aromatic N) is 2. The number of hydrogen-bond donors (Lipinski definition) is 4. The Morgan fingerprint density at radius 1 is 1.13 bits per heavy atom. The average Bonchev–Trinajstić information content (AvgIpc) is 3.07. The summed E-state index contributed by atoms with van der Waals surface area (Å²) in [6.45, 7) is 3.82. The van der Waals surface area contributed by atoms with E-state index in [9.17, 15) is 9.59 Å². The molecule has 9 heteroatoms. The molecule has 3 aromatic carbocycles. The molecule has 0 radical (unpaired) electrons. The van der Waals surface area contributed by atoms with E-state index in [1.807, 2.05) is 47.4 Å². The van der Waals surface area contributed by atoms with Crippen LogP contribution >= 0.6 is 11.6 Å². The van der Waals surface area contributed by atoms with Gasteiger partial charge in [0.1, 0.15) is 6.04 Å². The average molecular weight is 535 g/mol. The van der Waals surface area contributed by atoms with Gasteiger partial charge in [0.2, 0.25) is 5.91 Å². The third kappa shape index (κ3) is 7.02. The highest BCUT2D eigenvalue weighted by Crippen LogP contribution is 2.23. The Balaban J connectivity index is 1.44. The lowest BCUT2D eigenvalue weighted by Gasteiger charge is -2.28. The van der Waals surface area contributed by atoms with Crippen LogP contribution in [-0.4, -0.2) is 60.9 Å². The molecular weight excluding hydrogens is 500 g/mol. The Kier molecular flexibility index (Phi) is 9.20. The van der Waals surface area contributed by atoms with Gasteiger partial charge in [-0.25, -0.2) is 0 Å². The summed E-state index contributed by atoms with van der Waals surface area (Å²) in [5.74, 6) is -0.0464. The minimum absolute atomic E-state index is 0.0357. The Labute approximate surface area is 228 Å². The molecule has 0 saturated carbocycles. The fourth-order valence-corrected chi connectivity index (χ4v) is 5.07. The number of guanidine groups is 1. The van der Waals surface area contributed by atoms with Crippen molar-refractivity contribution in [3.63, 3.8) is 0 Å². The van der Waals surface area contributed by atoms with Crippen LogP contribution in [0.15, 0.2) is 71.7 Å².